The van der Waals surface area contributed by atoms with E-state index in [1.54, 1.807) is 11.3 Å². The molecule has 0 unspecified atom stereocenters. The highest BCUT2D eigenvalue weighted by atomic mass is 35.5. The molecule has 15 heavy (non-hydrogen) atoms. The summed E-state index contributed by atoms with van der Waals surface area (Å²) in [7, 11) is 0. The predicted octanol–water partition coefficient (Wildman–Crippen LogP) is 2.96. The van der Waals surface area contributed by atoms with Gasteiger partial charge in [0, 0.05) is 23.9 Å². The molecular weight excluding hydrogens is 230 g/mol. The van der Waals surface area contributed by atoms with Crippen LogP contribution in [-0.4, -0.2) is 25.8 Å². The summed E-state index contributed by atoms with van der Waals surface area (Å²) in [5, 5.41) is 3.30. The minimum absolute atomic E-state index is 0.532. The van der Waals surface area contributed by atoms with E-state index in [0.29, 0.717) is 6.04 Å². The number of hydrogen-bond donors (Lipinski definition) is 1. The van der Waals surface area contributed by atoms with Crippen molar-refractivity contribution in [3.63, 3.8) is 0 Å². The van der Waals surface area contributed by atoms with E-state index in [-0.39, 0.29) is 0 Å². The van der Waals surface area contributed by atoms with Gasteiger partial charge in [0.1, 0.15) is 0 Å². The molecule has 1 heterocycles. The van der Waals surface area contributed by atoms with Crippen molar-refractivity contribution in [2.75, 3.05) is 19.8 Å². The molecule has 1 aromatic rings. The number of halogens is 1. The highest BCUT2D eigenvalue weighted by Crippen LogP contribution is 2.21. The Bertz CT molecular complexity index is 275. The first-order chi connectivity index (χ1) is 7.18. The van der Waals surface area contributed by atoms with E-state index in [2.05, 4.69) is 25.2 Å². The van der Waals surface area contributed by atoms with Crippen LogP contribution in [0.3, 0.4) is 0 Å². The van der Waals surface area contributed by atoms with Crippen molar-refractivity contribution >= 4 is 22.9 Å². The van der Waals surface area contributed by atoms with Gasteiger partial charge in [0.05, 0.1) is 17.6 Å². The number of ether oxygens (including phenoxy) is 1. The molecule has 0 fully saturated rings. The van der Waals surface area contributed by atoms with Crippen LogP contribution in [0.4, 0.5) is 0 Å². The van der Waals surface area contributed by atoms with Crippen molar-refractivity contribution in [2.45, 2.75) is 26.3 Å². The number of rotatable bonds is 7. The van der Waals surface area contributed by atoms with Crippen LogP contribution in [-0.2, 0) is 11.2 Å². The van der Waals surface area contributed by atoms with Crippen LogP contribution < -0.4 is 5.32 Å². The van der Waals surface area contributed by atoms with Gasteiger partial charge in [0.15, 0.2) is 0 Å². The second-order valence-electron chi connectivity index (χ2n) is 3.68. The van der Waals surface area contributed by atoms with Crippen molar-refractivity contribution in [1.82, 2.24) is 5.32 Å². The van der Waals surface area contributed by atoms with Crippen LogP contribution >= 0.6 is 22.9 Å². The third kappa shape index (κ3) is 6.15. The van der Waals surface area contributed by atoms with Gasteiger partial charge >= 0.3 is 0 Å². The van der Waals surface area contributed by atoms with Crippen LogP contribution in [0.1, 0.15) is 18.7 Å². The molecule has 0 aromatic carbocycles. The summed E-state index contributed by atoms with van der Waals surface area (Å²) >= 11 is 7.45. The van der Waals surface area contributed by atoms with Crippen molar-refractivity contribution in [2.24, 2.45) is 0 Å². The van der Waals surface area contributed by atoms with Crippen LogP contribution in [0.5, 0.6) is 0 Å². The molecule has 0 saturated carbocycles. The first-order valence-corrected chi connectivity index (χ1v) is 6.43. The molecule has 0 amide bonds. The maximum atomic E-state index is 5.83. The van der Waals surface area contributed by atoms with E-state index in [4.69, 9.17) is 16.3 Å². The monoisotopic (exact) mass is 247 g/mol. The van der Waals surface area contributed by atoms with Gasteiger partial charge in [0.25, 0.3) is 0 Å². The Morgan fingerprint density at radius 1 is 1.40 bits per heavy atom. The second kappa shape index (κ2) is 7.23. The Balaban J connectivity index is 1.98. The Hall–Kier alpha value is -0.0900. The number of nitrogens with one attached hydrogen (secondary N) is 1. The molecule has 4 heteroatoms. The highest BCUT2D eigenvalue weighted by molar-refractivity contribution is 7.16. The minimum Gasteiger partial charge on any atom is -0.380 e. The summed E-state index contributed by atoms with van der Waals surface area (Å²) in [4.78, 5) is 1.29. The van der Waals surface area contributed by atoms with Crippen molar-refractivity contribution < 1.29 is 4.74 Å². The lowest BCUT2D eigenvalue weighted by Gasteiger charge is -2.07. The second-order valence-corrected chi connectivity index (χ2v) is 5.48. The van der Waals surface area contributed by atoms with Gasteiger partial charge in [-0.3, -0.25) is 0 Å². The van der Waals surface area contributed by atoms with Gasteiger partial charge in [-0.05, 0) is 12.1 Å². The average molecular weight is 248 g/mol. The smallest absolute Gasteiger partial charge is 0.0931 e. The standard InChI is InChI=1S/C11H18ClNOS/c1-9(2)13-6-8-14-7-5-10-3-4-11(12)15-10/h3-4,9,13H,5-8H2,1-2H3. The molecule has 0 spiro atoms. The van der Waals surface area contributed by atoms with Crippen molar-refractivity contribution in [1.29, 1.82) is 0 Å². The van der Waals surface area contributed by atoms with Gasteiger partial charge in [-0.15, -0.1) is 11.3 Å². The summed E-state index contributed by atoms with van der Waals surface area (Å²) in [6.45, 7) is 6.73. The first kappa shape index (κ1) is 13.0. The van der Waals surface area contributed by atoms with E-state index in [0.717, 1.165) is 30.5 Å². The number of thiophene rings is 1. The summed E-state index contributed by atoms with van der Waals surface area (Å²) in [5.74, 6) is 0. The highest BCUT2D eigenvalue weighted by Gasteiger charge is 1.98. The topological polar surface area (TPSA) is 21.3 Å². The maximum Gasteiger partial charge on any atom is 0.0931 e. The van der Waals surface area contributed by atoms with Crippen LogP contribution in [0.2, 0.25) is 4.34 Å². The molecule has 0 bridgehead atoms. The Kier molecular flexibility index (Phi) is 6.25. The van der Waals surface area contributed by atoms with Gasteiger partial charge < -0.3 is 10.1 Å². The lowest BCUT2D eigenvalue weighted by molar-refractivity contribution is 0.138. The first-order valence-electron chi connectivity index (χ1n) is 5.24. The molecule has 0 radical (unpaired) electrons. The molecule has 1 N–H and O–H groups in total. The van der Waals surface area contributed by atoms with Gasteiger partial charge in [-0.1, -0.05) is 25.4 Å². The fraction of sp³-hybridized carbons (Fsp3) is 0.636. The third-order valence-corrected chi connectivity index (χ3v) is 3.21. The molecular formula is C11H18ClNOS. The minimum atomic E-state index is 0.532. The zero-order chi connectivity index (χ0) is 11.1. The Morgan fingerprint density at radius 3 is 2.80 bits per heavy atom. The summed E-state index contributed by atoms with van der Waals surface area (Å²) in [5.41, 5.74) is 0. The van der Waals surface area contributed by atoms with Gasteiger partial charge in [-0.2, -0.15) is 0 Å². The average Bonchev–Trinajstić information content (AvgIpc) is 2.57. The Labute approximate surface area is 101 Å². The lowest BCUT2D eigenvalue weighted by atomic mass is 10.4. The van der Waals surface area contributed by atoms with Crippen LogP contribution in [0, 0.1) is 0 Å². The molecule has 0 aliphatic rings. The quantitative estimate of drug-likeness (QED) is 0.748. The van der Waals surface area contributed by atoms with Crippen LogP contribution in [0.25, 0.3) is 0 Å². The molecule has 1 aromatic heterocycles. The third-order valence-electron chi connectivity index (χ3n) is 1.92. The SMILES string of the molecule is CC(C)NCCOCCc1ccc(Cl)s1. The fourth-order valence-corrected chi connectivity index (χ4v) is 2.25. The van der Waals surface area contributed by atoms with E-state index < -0.39 is 0 Å². The van der Waals surface area contributed by atoms with Crippen molar-refractivity contribution in [3.05, 3.63) is 21.3 Å². The van der Waals surface area contributed by atoms with Crippen LogP contribution in [0.15, 0.2) is 12.1 Å². The normalized spacial score (nSPS) is 11.2. The summed E-state index contributed by atoms with van der Waals surface area (Å²) < 4.78 is 6.35. The molecule has 0 aliphatic carbocycles. The van der Waals surface area contributed by atoms with Gasteiger partial charge in [-0.25, -0.2) is 0 Å². The molecule has 2 nitrogen and oxygen atoms in total. The van der Waals surface area contributed by atoms with E-state index in [1.165, 1.54) is 4.88 Å². The molecule has 86 valence electrons. The maximum absolute atomic E-state index is 5.83. The number of hydrogen-bond acceptors (Lipinski definition) is 3. The lowest BCUT2D eigenvalue weighted by Crippen LogP contribution is -2.26. The zero-order valence-corrected chi connectivity index (χ0v) is 10.8. The van der Waals surface area contributed by atoms with E-state index in [9.17, 15) is 0 Å². The fourth-order valence-electron chi connectivity index (χ4n) is 1.18. The molecule has 0 saturated heterocycles. The van der Waals surface area contributed by atoms with Crippen molar-refractivity contribution in [3.8, 4) is 0 Å². The molecule has 1 rings (SSSR count). The molecule has 0 atom stereocenters. The zero-order valence-electron chi connectivity index (χ0n) is 9.25. The Morgan fingerprint density at radius 2 is 2.20 bits per heavy atom. The summed E-state index contributed by atoms with van der Waals surface area (Å²) in [6, 6.07) is 4.52. The predicted molar refractivity (Wildman–Crippen MR) is 67.0 cm³/mol. The summed E-state index contributed by atoms with van der Waals surface area (Å²) in [6.07, 6.45) is 0.957. The van der Waals surface area contributed by atoms with E-state index in [1.807, 2.05) is 6.07 Å². The largest absolute Gasteiger partial charge is 0.380 e. The van der Waals surface area contributed by atoms with Gasteiger partial charge in [0.2, 0.25) is 0 Å². The van der Waals surface area contributed by atoms with E-state index >= 15 is 0 Å². The molecule has 0 aliphatic heterocycles.